The lowest BCUT2D eigenvalue weighted by Crippen LogP contribution is -2.41. The molecule has 2 aliphatic rings. The molecule has 166 valence electrons. The molecule has 3 aromatic heterocycles. The van der Waals surface area contributed by atoms with E-state index in [4.69, 9.17) is 10.5 Å². The highest BCUT2D eigenvalue weighted by Gasteiger charge is 2.47. The predicted molar refractivity (Wildman–Crippen MR) is 112 cm³/mol. The van der Waals surface area contributed by atoms with Gasteiger partial charge in [0, 0.05) is 29.8 Å². The lowest BCUT2D eigenvalue weighted by atomic mass is 9.98. The Hall–Kier alpha value is -3.15. The number of H-pyrrole nitrogens is 1. The third kappa shape index (κ3) is 3.57. The average Bonchev–Trinajstić information content (AvgIpc) is 3.45. The molecule has 4 N–H and O–H groups in total. The fraction of sp³-hybridized carbons (Fsp3) is 0.300. The molecule has 8 nitrogen and oxygen atoms in total. The van der Waals surface area contributed by atoms with Gasteiger partial charge in [0.15, 0.2) is 5.65 Å². The second-order valence-corrected chi connectivity index (χ2v) is 8.57. The van der Waals surface area contributed by atoms with Gasteiger partial charge < -0.3 is 20.8 Å². The van der Waals surface area contributed by atoms with Gasteiger partial charge >= 0.3 is 12.3 Å². The lowest BCUT2D eigenvalue weighted by molar-refractivity contribution is -0.141. The number of primary amides is 1. The molecule has 0 aromatic carbocycles. The topological polar surface area (TPSA) is 119 Å². The summed E-state index contributed by atoms with van der Waals surface area (Å²) in [5, 5.41) is 3.43. The number of ether oxygens (including phenoxy) is 1. The minimum absolute atomic E-state index is 0.0802. The number of halogens is 4. The van der Waals surface area contributed by atoms with Crippen molar-refractivity contribution in [3.63, 3.8) is 0 Å². The molecule has 0 aliphatic heterocycles. The molecule has 1 fully saturated rings. The maximum atomic E-state index is 12.8. The molecule has 5 rings (SSSR count). The lowest BCUT2D eigenvalue weighted by Gasteiger charge is -2.29. The summed E-state index contributed by atoms with van der Waals surface area (Å²) in [7, 11) is 0. The van der Waals surface area contributed by atoms with Gasteiger partial charge in [-0.05, 0) is 34.5 Å². The maximum absolute atomic E-state index is 12.8. The normalized spacial score (nSPS) is 24.2. The van der Waals surface area contributed by atoms with Crippen LogP contribution in [0.25, 0.3) is 22.6 Å². The van der Waals surface area contributed by atoms with Crippen LogP contribution in [-0.4, -0.2) is 38.2 Å². The van der Waals surface area contributed by atoms with E-state index < -0.39 is 24.1 Å². The van der Waals surface area contributed by atoms with Gasteiger partial charge in [0.1, 0.15) is 23.1 Å². The van der Waals surface area contributed by atoms with Gasteiger partial charge in [-0.1, -0.05) is 12.2 Å². The summed E-state index contributed by atoms with van der Waals surface area (Å²) in [4.78, 5) is 26.7. The third-order valence-electron chi connectivity index (χ3n) is 5.75. The summed E-state index contributed by atoms with van der Waals surface area (Å²) in [5.41, 5.74) is 6.24. The van der Waals surface area contributed by atoms with E-state index in [1.54, 1.807) is 6.20 Å². The third-order valence-corrected chi connectivity index (χ3v) is 6.35. The van der Waals surface area contributed by atoms with Crippen molar-refractivity contribution in [3.8, 4) is 11.4 Å². The number of aromatic amines is 1. The van der Waals surface area contributed by atoms with Crippen molar-refractivity contribution in [2.45, 2.75) is 24.7 Å². The number of carbonyl (C=O) groups is 1. The number of pyridine rings is 2. The first-order chi connectivity index (χ1) is 15.2. The Kier molecular flexibility index (Phi) is 4.84. The van der Waals surface area contributed by atoms with Crippen LogP contribution in [0.1, 0.15) is 12.1 Å². The van der Waals surface area contributed by atoms with Crippen molar-refractivity contribution < 1.29 is 22.7 Å². The number of hydrogen-bond donors (Lipinski definition) is 3. The Morgan fingerprint density at radius 2 is 2.00 bits per heavy atom. The predicted octanol–water partition coefficient (Wildman–Crippen LogP) is 4.25. The number of hydrogen-bond acceptors (Lipinski definition) is 6. The summed E-state index contributed by atoms with van der Waals surface area (Å²) in [6, 6.07) is 1.99. The monoisotopic (exact) mass is 508 g/mol. The van der Waals surface area contributed by atoms with Gasteiger partial charge in [-0.25, -0.2) is 14.8 Å². The summed E-state index contributed by atoms with van der Waals surface area (Å²) in [6.45, 7) is 0. The van der Waals surface area contributed by atoms with E-state index >= 15 is 0 Å². The number of aromatic nitrogens is 4. The van der Waals surface area contributed by atoms with Crippen molar-refractivity contribution in [3.05, 3.63) is 46.8 Å². The van der Waals surface area contributed by atoms with Crippen molar-refractivity contribution in [2.75, 3.05) is 5.32 Å². The number of alkyl halides is 3. The van der Waals surface area contributed by atoms with Crippen molar-refractivity contribution in [1.29, 1.82) is 0 Å². The number of nitrogens with zero attached hydrogens (tertiary/aromatic N) is 3. The molecule has 3 heterocycles. The number of fused-ring (bicyclic) bond motifs is 3. The van der Waals surface area contributed by atoms with Crippen molar-refractivity contribution in [2.24, 2.45) is 17.6 Å². The van der Waals surface area contributed by atoms with Gasteiger partial charge in [-0.3, -0.25) is 4.98 Å². The highest BCUT2D eigenvalue weighted by atomic mass is 79.9. The standard InChI is InChI=1S/C20H16BrF3N6O2/c21-11-7-27-18-15(29-17(30-18)10-3-4-12(26-6-10)20(22,23)24)14(11)28-13-8-1-2-9(5-8)16(13)32-19(25)31/h1-4,6-9,13,16H,5H2,(H2,25,31)(H2,27,28,29,30)/t8-,9+,13+,16-/m0/s1. The molecule has 1 saturated carbocycles. The smallest absolute Gasteiger partial charge is 0.433 e. The number of carbonyl (C=O) groups excluding carboxylic acids is 1. The van der Waals surface area contributed by atoms with Crippen molar-refractivity contribution in [1.82, 2.24) is 19.9 Å². The molecular weight excluding hydrogens is 493 g/mol. The number of anilines is 1. The van der Waals surface area contributed by atoms with Crippen LogP contribution in [0.4, 0.5) is 23.7 Å². The van der Waals surface area contributed by atoms with Crippen molar-refractivity contribution >= 4 is 38.9 Å². The Labute approximate surface area is 187 Å². The summed E-state index contributed by atoms with van der Waals surface area (Å²) in [6.07, 6.45) is 1.87. The molecule has 0 saturated heterocycles. The number of nitrogens with two attached hydrogens (primary N) is 1. The molecule has 0 radical (unpaired) electrons. The quantitative estimate of drug-likeness (QED) is 0.453. The van der Waals surface area contributed by atoms with Gasteiger partial charge in [-0.2, -0.15) is 13.2 Å². The number of nitrogens with one attached hydrogen (secondary N) is 2. The Morgan fingerprint density at radius 3 is 2.69 bits per heavy atom. The summed E-state index contributed by atoms with van der Waals surface area (Å²) in [5.74, 6) is 0.560. The Balaban J connectivity index is 1.49. The van der Waals surface area contributed by atoms with E-state index in [2.05, 4.69) is 47.3 Å². The fourth-order valence-corrected chi connectivity index (χ4v) is 4.76. The SMILES string of the molecule is NC(=O)O[C@@H]1[C@H](Nc2c(Br)cnc3nc(-c4ccc(C(F)(F)F)nc4)[nH]c23)[C@H]2C=C[C@@H]1C2. The van der Waals surface area contributed by atoms with E-state index in [-0.39, 0.29) is 17.9 Å². The molecule has 12 heteroatoms. The molecule has 2 aliphatic carbocycles. The molecule has 32 heavy (non-hydrogen) atoms. The zero-order valence-electron chi connectivity index (χ0n) is 16.2. The molecule has 0 spiro atoms. The van der Waals surface area contributed by atoms with E-state index in [9.17, 15) is 18.0 Å². The van der Waals surface area contributed by atoms with Crippen LogP contribution in [0.2, 0.25) is 0 Å². The zero-order valence-corrected chi connectivity index (χ0v) is 17.8. The maximum Gasteiger partial charge on any atom is 0.433 e. The molecule has 2 bridgehead atoms. The first-order valence-electron chi connectivity index (χ1n) is 9.69. The zero-order chi connectivity index (χ0) is 22.6. The number of amides is 1. The van der Waals surface area contributed by atoms with Crippen LogP contribution in [-0.2, 0) is 10.9 Å². The van der Waals surface area contributed by atoms with Gasteiger partial charge in [0.2, 0.25) is 0 Å². The Morgan fingerprint density at radius 1 is 1.22 bits per heavy atom. The number of rotatable bonds is 4. The van der Waals surface area contributed by atoms with Gasteiger partial charge in [0.25, 0.3) is 0 Å². The molecular formula is C20H16BrF3N6O2. The minimum atomic E-state index is -4.52. The first kappa shape index (κ1) is 20.7. The van der Waals surface area contributed by atoms with Crippen LogP contribution in [0.5, 0.6) is 0 Å². The van der Waals surface area contributed by atoms with Crippen LogP contribution >= 0.6 is 15.9 Å². The van der Waals surface area contributed by atoms with E-state index in [1.165, 1.54) is 6.07 Å². The minimum Gasteiger partial charge on any atom is -0.444 e. The molecule has 3 aromatic rings. The average molecular weight is 509 g/mol. The second kappa shape index (κ2) is 7.47. The molecule has 4 atom stereocenters. The highest BCUT2D eigenvalue weighted by Crippen LogP contribution is 2.44. The highest BCUT2D eigenvalue weighted by molar-refractivity contribution is 9.10. The Bertz CT molecular complexity index is 1230. The van der Waals surface area contributed by atoms with E-state index in [0.717, 1.165) is 18.7 Å². The fourth-order valence-electron chi connectivity index (χ4n) is 4.34. The van der Waals surface area contributed by atoms with E-state index in [1.807, 2.05) is 6.08 Å². The second-order valence-electron chi connectivity index (χ2n) is 7.71. The summed E-state index contributed by atoms with van der Waals surface area (Å²) >= 11 is 3.48. The van der Waals surface area contributed by atoms with Crippen LogP contribution in [0, 0.1) is 11.8 Å². The largest absolute Gasteiger partial charge is 0.444 e. The number of imidazole rings is 1. The first-order valence-corrected chi connectivity index (χ1v) is 10.5. The van der Waals surface area contributed by atoms with Crippen LogP contribution in [0.3, 0.4) is 0 Å². The van der Waals surface area contributed by atoms with Gasteiger partial charge in [0.05, 0.1) is 16.2 Å². The van der Waals surface area contributed by atoms with Crippen LogP contribution < -0.4 is 11.1 Å². The molecule has 0 unspecified atom stereocenters. The van der Waals surface area contributed by atoms with Gasteiger partial charge in [-0.15, -0.1) is 0 Å². The summed E-state index contributed by atoms with van der Waals surface area (Å²) < 4.78 is 44.4. The molecule has 1 amide bonds. The van der Waals surface area contributed by atoms with Crippen LogP contribution in [0.15, 0.2) is 41.2 Å². The van der Waals surface area contributed by atoms with E-state index in [0.29, 0.717) is 32.7 Å².